The molecule has 1 unspecified atom stereocenters. The molecule has 1 aromatic rings. The van der Waals surface area contributed by atoms with E-state index in [0.717, 1.165) is 41.9 Å². The number of thioether (sulfide) groups is 1. The van der Waals surface area contributed by atoms with Crippen molar-refractivity contribution in [2.75, 3.05) is 18.4 Å². The van der Waals surface area contributed by atoms with E-state index in [-0.39, 0.29) is 18.2 Å². The van der Waals surface area contributed by atoms with Crippen molar-refractivity contribution in [2.24, 2.45) is 4.99 Å². The van der Waals surface area contributed by atoms with Crippen LogP contribution in [0.25, 0.3) is 0 Å². The van der Waals surface area contributed by atoms with Gasteiger partial charge in [0, 0.05) is 24.0 Å². The number of nitrogens with one attached hydrogen (secondary N) is 1. The second kappa shape index (κ2) is 10.7. The number of aliphatic imine (C=N–C) groups is 1. The molecule has 0 aliphatic carbocycles. The highest BCUT2D eigenvalue weighted by Gasteiger charge is 2.38. The molecular formula is C19H26BrN3O2S. The van der Waals surface area contributed by atoms with Crippen LogP contribution in [0.2, 0.25) is 0 Å². The highest BCUT2D eigenvalue weighted by atomic mass is 79.9. The lowest BCUT2D eigenvalue weighted by atomic mass is 10.2. The van der Waals surface area contributed by atoms with Crippen molar-refractivity contribution in [3.63, 3.8) is 0 Å². The second-order valence-corrected chi connectivity index (χ2v) is 8.22. The fourth-order valence-corrected chi connectivity index (χ4v) is 4.12. The van der Waals surface area contributed by atoms with Crippen molar-refractivity contribution in [1.82, 2.24) is 4.90 Å². The number of anilines is 1. The van der Waals surface area contributed by atoms with Gasteiger partial charge in [-0.3, -0.25) is 19.5 Å². The second-order valence-electron chi connectivity index (χ2n) is 6.20. The number of carbonyl (C=O) groups is 2. The van der Waals surface area contributed by atoms with Crippen LogP contribution < -0.4 is 5.32 Å². The number of benzene rings is 1. The lowest BCUT2D eigenvalue weighted by Gasteiger charge is -2.16. The van der Waals surface area contributed by atoms with Crippen molar-refractivity contribution in [1.29, 1.82) is 0 Å². The molecule has 0 spiro atoms. The lowest BCUT2D eigenvalue weighted by Crippen LogP contribution is -2.34. The van der Waals surface area contributed by atoms with E-state index in [2.05, 4.69) is 40.1 Å². The maximum absolute atomic E-state index is 12.7. The largest absolute Gasteiger partial charge is 0.325 e. The minimum Gasteiger partial charge on any atom is -0.325 e. The Morgan fingerprint density at radius 1 is 1.27 bits per heavy atom. The molecule has 0 saturated carbocycles. The molecule has 0 aromatic heterocycles. The predicted molar refractivity (Wildman–Crippen MR) is 113 cm³/mol. The minimum atomic E-state index is -0.394. The third-order valence-corrected chi connectivity index (χ3v) is 5.94. The smallest absolute Gasteiger partial charge is 0.242 e. The van der Waals surface area contributed by atoms with Crippen molar-refractivity contribution < 1.29 is 9.59 Å². The van der Waals surface area contributed by atoms with E-state index >= 15 is 0 Å². The summed E-state index contributed by atoms with van der Waals surface area (Å²) in [6.45, 7) is 5.63. The van der Waals surface area contributed by atoms with Gasteiger partial charge in [-0.2, -0.15) is 0 Å². The van der Waals surface area contributed by atoms with Crippen molar-refractivity contribution in [2.45, 2.75) is 51.2 Å². The standard InChI is InChI=1S/C19H26BrN3O2S/c1-3-5-11-21-19-23(12-6-4-2)18(25)16(26-19)13-17(24)22-15-10-8-7-9-14(15)20/h7-10,16H,3-6,11-13H2,1-2H3,(H,22,24). The van der Waals surface area contributed by atoms with E-state index in [9.17, 15) is 9.59 Å². The molecule has 1 atom stereocenters. The SMILES string of the molecule is CCCCN=C1SC(CC(=O)Nc2ccccc2Br)C(=O)N1CCCC. The number of amides is 2. The van der Waals surface area contributed by atoms with Crippen LogP contribution in [0.4, 0.5) is 5.69 Å². The van der Waals surface area contributed by atoms with E-state index in [4.69, 9.17) is 0 Å². The number of unbranched alkanes of at least 4 members (excludes halogenated alkanes) is 2. The Bertz CT molecular complexity index is 666. The van der Waals surface area contributed by atoms with Crippen LogP contribution in [0, 0.1) is 0 Å². The van der Waals surface area contributed by atoms with Gasteiger partial charge in [0.25, 0.3) is 0 Å². The lowest BCUT2D eigenvalue weighted by molar-refractivity contribution is -0.128. The van der Waals surface area contributed by atoms with Gasteiger partial charge in [0.05, 0.1) is 5.69 Å². The van der Waals surface area contributed by atoms with Gasteiger partial charge >= 0.3 is 0 Å². The molecule has 2 rings (SSSR count). The Morgan fingerprint density at radius 3 is 2.69 bits per heavy atom. The molecule has 5 nitrogen and oxygen atoms in total. The Kier molecular flexibility index (Phi) is 8.65. The zero-order chi connectivity index (χ0) is 18.9. The van der Waals surface area contributed by atoms with E-state index in [0.29, 0.717) is 12.2 Å². The first-order chi connectivity index (χ1) is 12.6. The average molecular weight is 440 g/mol. The summed E-state index contributed by atoms with van der Waals surface area (Å²) >= 11 is 4.84. The normalized spacial score (nSPS) is 18.6. The summed E-state index contributed by atoms with van der Waals surface area (Å²) in [5.74, 6) is -0.158. The summed E-state index contributed by atoms with van der Waals surface area (Å²) in [7, 11) is 0. The third-order valence-electron chi connectivity index (χ3n) is 4.03. The molecule has 0 radical (unpaired) electrons. The Morgan fingerprint density at radius 2 is 2.00 bits per heavy atom. The van der Waals surface area contributed by atoms with Gasteiger partial charge in [-0.1, -0.05) is 50.6 Å². The number of halogens is 1. The van der Waals surface area contributed by atoms with Crippen LogP contribution in [-0.4, -0.2) is 40.2 Å². The molecule has 1 heterocycles. The first kappa shape index (κ1) is 21.0. The summed E-state index contributed by atoms with van der Waals surface area (Å²) in [5.41, 5.74) is 0.715. The first-order valence-corrected chi connectivity index (χ1v) is 10.8. The van der Waals surface area contributed by atoms with Gasteiger partial charge in [0.2, 0.25) is 11.8 Å². The Labute approximate surface area is 168 Å². The average Bonchev–Trinajstić information content (AvgIpc) is 2.90. The number of carbonyl (C=O) groups excluding carboxylic acids is 2. The Balaban J connectivity index is 2.01. The number of nitrogens with zero attached hydrogens (tertiary/aromatic N) is 2. The molecule has 2 amide bonds. The van der Waals surface area contributed by atoms with Gasteiger partial charge < -0.3 is 5.32 Å². The van der Waals surface area contributed by atoms with Crippen LogP contribution in [0.3, 0.4) is 0 Å². The minimum absolute atomic E-state index is 0.000904. The summed E-state index contributed by atoms with van der Waals surface area (Å²) < 4.78 is 0.824. The number of para-hydroxylation sites is 1. The molecule has 1 saturated heterocycles. The molecule has 142 valence electrons. The number of rotatable bonds is 9. The molecule has 26 heavy (non-hydrogen) atoms. The quantitative estimate of drug-likeness (QED) is 0.568. The zero-order valence-electron chi connectivity index (χ0n) is 15.3. The van der Waals surface area contributed by atoms with Crippen LogP contribution in [-0.2, 0) is 9.59 Å². The summed E-state index contributed by atoms with van der Waals surface area (Å²) in [6, 6.07) is 7.45. The zero-order valence-corrected chi connectivity index (χ0v) is 17.7. The van der Waals surface area contributed by atoms with Gasteiger partial charge in [-0.15, -0.1) is 0 Å². The van der Waals surface area contributed by atoms with E-state index < -0.39 is 5.25 Å². The van der Waals surface area contributed by atoms with Crippen LogP contribution >= 0.6 is 27.7 Å². The molecule has 0 bridgehead atoms. The summed E-state index contributed by atoms with van der Waals surface area (Å²) in [4.78, 5) is 31.5. The van der Waals surface area contributed by atoms with Gasteiger partial charge in [-0.05, 0) is 40.9 Å². The number of hydrogen-bond donors (Lipinski definition) is 1. The molecule has 7 heteroatoms. The molecule has 1 aliphatic heterocycles. The first-order valence-electron chi connectivity index (χ1n) is 9.13. The highest BCUT2D eigenvalue weighted by Crippen LogP contribution is 2.31. The fraction of sp³-hybridized carbons (Fsp3) is 0.526. The maximum atomic E-state index is 12.7. The van der Waals surface area contributed by atoms with Crippen LogP contribution in [0.5, 0.6) is 0 Å². The monoisotopic (exact) mass is 439 g/mol. The van der Waals surface area contributed by atoms with E-state index in [1.54, 1.807) is 4.90 Å². The van der Waals surface area contributed by atoms with Crippen molar-refractivity contribution >= 4 is 50.4 Å². The van der Waals surface area contributed by atoms with Gasteiger partial charge in [0.1, 0.15) is 5.25 Å². The summed E-state index contributed by atoms with van der Waals surface area (Å²) in [5, 5.41) is 3.25. The van der Waals surface area contributed by atoms with Crippen molar-refractivity contribution in [3.8, 4) is 0 Å². The predicted octanol–water partition coefficient (Wildman–Crippen LogP) is 4.68. The molecule has 1 fully saturated rings. The molecule has 1 aromatic carbocycles. The van der Waals surface area contributed by atoms with E-state index in [1.807, 2.05) is 24.3 Å². The van der Waals surface area contributed by atoms with Crippen LogP contribution in [0.1, 0.15) is 46.0 Å². The molecule has 1 aliphatic rings. The summed E-state index contributed by atoms with van der Waals surface area (Å²) in [6.07, 6.45) is 4.19. The topological polar surface area (TPSA) is 61.8 Å². The van der Waals surface area contributed by atoms with Crippen molar-refractivity contribution in [3.05, 3.63) is 28.7 Å². The third kappa shape index (κ3) is 5.84. The Hall–Kier alpha value is -1.34. The number of hydrogen-bond acceptors (Lipinski definition) is 4. The molecule has 1 N–H and O–H groups in total. The fourth-order valence-electron chi connectivity index (χ4n) is 2.55. The highest BCUT2D eigenvalue weighted by molar-refractivity contribution is 9.10. The van der Waals surface area contributed by atoms with Gasteiger partial charge in [0.15, 0.2) is 5.17 Å². The van der Waals surface area contributed by atoms with Crippen LogP contribution in [0.15, 0.2) is 33.7 Å². The van der Waals surface area contributed by atoms with E-state index in [1.165, 1.54) is 11.8 Å². The number of amidine groups is 1. The van der Waals surface area contributed by atoms with Gasteiger partial charge in [-0.25, -0.2) is 0 Å². The maximum Gasteiger partial charge on any atom is 0.242 e. The molecular weight excluding hydrogens is 414 g/mol.